The Bertz CT molecular complexity index is 3280. The maximum atomic E-state index is 2.46. The Hall–Kier alpha value is -8.20. The molecular weight excluding hydrogens is 761 g/mol. The Morgan fingerprint density at radius 1 is 0.254 bits per heavy atom. The molecular formula is C61H44N2. The van der Waals surface area contributed by atoms with Gasteiger partial charge in [-0.3, -0.25) is 0 Å². The molecule has 0 aliphatic heterocycles. The van der Waals surface area contributed by atoms with Gasteiger partial charge >= 0.3 is 0 Å². The number of rotatable bonds is 9. The highest BCUT2D eigenvalue weighted by molar-refractivity contribution is 6.33. The van der Waals surface area contributed by atoms with Crippen molar-refractivity contribution in [2.24, 2.45) is 0 Å². The summed E-state index contributed by atoms with van der Waals surface area (Å²) in [6.07, 6.45) is 0. The second-order valence-electron chi connectivity index (χ2n) is 16.2. The van der Waals surface area contributed by atoms with Gasteiger partial charge < -0.3 is 9.80 Å². The van der Waals surface area contributed by atoms with Crippen LogP contribution in [0.5, 0.6) is 0 Å². The van der Waals surface area contributed by atoms with Crippen molar-refractivity contribution >= 4 is 66.4 Å². The van der Waals surface area contributed by atoms with E-state index < -0.39 is 0 Å². The van der Waals surface area contributed by atoms with Crippen molar-refractivity contribution < 1.29 is 0 Å². The first-order valence-corrected chi connectivity index (χ1v) is 21.7. The van der Waals surface area contributed by atoms with Gasteiger partial charge in [-0.15, -0.1) is 0 Å². The van der Waals surface area contributed by atoms with Crippen molar-refractivity contribution in [3.8, 4) is 33.4 Å². The molecule has 0 bridgehead atoms. The molecule has 11 aromatic rings. The number of anilines is 6. The fourth-order valence-electron chi connectivity index (χ4n) is 9.44. The van der Waals surface area contributed by atoms with Crippen LogP contribution in [-0.4, -0.2) is 0 Å². The van der Waals surface area contributed by atoms with E-state index in [4.69, 9.17) is 0 Å². The van der Waals surface area contributed by atoms with Gasteiger partial charge in [0.05, 0.1) is 0 Å². The van der Waals surface area contributed by atoms with Crippen LogP contribution in [0.4, 0.5) is 34.1 Å². The van der Waals surface area contributed by atoms with Gasteiger partial charge in [0.15, 0.2) is 0 Å². The highest BCUT2D eigenvalue weighted by atomic mass is 15.1. The fraction of sp³-hybridized carbons (Fsp3) is 0.0164. The molecule has 0 spiro atoms. The van der Waals surface area contributed by atoms with Crippen LogP contribution in [0, 0.1) is 6.92 Å². The molecule has 298 valence electrons. The average Bonchev–Trinajstić information content (AvgIpc) is 3.35. The van der Waals surface area contributed by atoms with Gasteiger partial charge in [-0.05, 0) is 151 Å². The standard InChI is InChI=1S/C61H44N2/c1-43-19-18-20-46(41-43)58-42-57(44-33-37-51(38-34-44)62(47-21-6-2-7-22-47)48-23-8-3-9-24-48)60-55-31-16-14-29-53(55)54-30-15-17-32-56(54)61(60)59(58)45-35-39-52(40-36-45)63(49-25-10-4-11-26-49)50-27-12-5-13-28-50/h2-42H,1H3. The monoisotopic (exact) mass is 804 g/mol. The second-order valence-corrected chi connectivity index (χ2v) is 16.2. The Labute approximate surface area is 369 Å². The number of aryl methyl sites for hydroxylation is 1. The maximum absolute atomic E-state index is 2.46. The summed E-state index contributed by atoms with van der Waals surface area (Å²) in [6.45, 7) is 2.19. The van der Waals surface area contributed by atoms with E-state index in [0.29, 0.717) is 0 Å². The molecule has 0 heterocycles. The normalized spacial score (nSPS) is 11.3. The molecule has 0 saturated heterocycles. The number of hydrogen-bond acceptors (Lipinski definition) is 2. The van der Waals surface area contributed by atoms with Gasteiger partial charge in [-0.1, -0.05) is 175 Å². The van der Waals surface area contributed by atoms with E-state index >= 15 is 0 Å². The largest absolute Gasteiger partial charge is 0.311 e. The lowest BCUT2D eigenvalue weighted by atomic mass is 9.81. The highest BCUT2D eigenvalue weighted by Crippen LogP contribution is 2.50. The summed E-state index contributed by atoms with van der Waals surface area (Å²) in [6, 6.07) is 90.2. The minimum atomic E-state index is 1.10. The Morgan fingerprint density at radius 3 is 1.08 bits per heavy atom. The summed E-state index contributed by atoms with van der Waals surface area (Å²) >= 11 is 0. The molecule has 0 amide bonds. The van der Waals surface area contributed by atoms with Crippen LogP contribution in [-0.2, 0) is 0 Å². The van der Waals surface area contributed by atoms with Gasteiger partial charge in [-0.25, -0.2) is 0 Å². The van der Waals surface area contributed by atoms with Gasteiger partial charge in [-0.2, -0.15) is 0 Å². The smallest absolute Gasteiger partial charge is 0.0462 e. The second kappa shape index (κ2) is 16.3. The Kier molecular flexibility index (Phi) is 9.80. The fourth-order valence-corrected chi connectivity index (χ4v) is 9.44. The first-order valence-electron chi connectivity index (χ1n) is 21.7. The molecule has 2 nitrogen and oxygen atoms in total. The van der Waals surface area contributed by atoms with Gasteiger partial charge in [0.25, 0.3) is 0 Å². The summed E-state index contributed by atoms with van der Waals surface area (Å²) in [4.78, 5) is 4.65. The molecule has 0 atom stereocenters. The van der Waals surface area contributed by atoms with Crippen LogP contribution < -0.4 is 9.80 Å². The van der Waals surface area contributed by atoms with E-state index in [0.717, 1.165) is 34.1 Å². The van der Waals surface area contributed by atoms with Crippen molar-refractivity contribution in [2.75, 3.05) is 9.80 Å². The number of benzene rings is 11. The quantitative estimate of drug-likeness (QED) is 0.134. The average molecular weight is 805 g/mol. The highest BCUT2D eigenvalue weighted by Gasteiger charge is 2.23. The molecule has 0 radical (unpaired) electrons. The van der Waals surface area contributed by atoms with Crippen LogP contribution in [0.25, 0.3) is 65.7 Å². The first kappa shape index (κ1) is 37.8. The summed E-state index contributed by atoms with van der Waals surface area (Å²) in [5.74, 6) is 0. The van der Waals surface area contributed by atoms with Gasteiger partial charge in [0.1, 0.15) is 0 Å². The molecule has 0 N–H and O–H groups in total. The third-order valence-corrected chi connectivity index (χ3v) is 12.2. The lowest BCUT2D eigenvalue weighted by Crippen LogP contribution is -2.09. The van der Waals surface area contributed by atoms with E-state index in [-0.39, 0.29) is 0 Å². The molecule has 0 unspecified atom stereocenters. The zero-order valence-corrected chi connectivity index (χ0v) is 35.1. The van der Waals surface area contributed by atoms with Crippen molar-refractivity contribution in [1.82, 2.24) is 0 Å². The number of hydrogen-bond donors (Lipinski definition) is 0. The Balaban J connectivity index is 1.18. The van der Waals surface area contributed by atoms with Crippen molar-refractivity contribution in [1.29, 1.82) is 0 Å². The molecule has 2 heteroatoms. The predicted octanol–water partition coefficient (Wildman–Crippen LogP) is 17.4. The van der Waals surface area contributed by atoms with Crippen LogP contribution >= 0.6 is 0 Å². The molecule has 0 fully saturated rings. The summed E-state index contributed by atoms with van der Waals surface area (Å²) in [7, 11) is 0. The Morgan fingerprint density at radius 2 is 0.635 bits per heavy atom. The molecule has 63 heavy (non-hydrogen) atoms. The van der Waals surface area contributed by atoms with Crippen molar-refractivity contribution in [3.63, 3.8) is 0 Å². The third-order valence-electron chi connectivity index (χ3n) is 12.2. The summed E-state index contributed by atoms with van der Waals surface area (Å²) in [5, 5.41) is 7.50. The van der Waals surface area contributed by atoms with E-state index in [2.05, 4.69) is 265 Å². The minimum absolute atomic E-state index is 1.10. The van der Waals surface area contributed by atoms with Crippen LogP contribution in [0.2, 0.25) is 0 Å². The maximum Gasteiger partial charge on any atom is 0.0462 e. The van der Waals surface area contributed by atoms with Gasteiger partial charge in [0.2, 0.25) is 0 Å². The zero-order valence-electron chi connectivity index (χ0n) is 35.1. The molecule has 0 aliphatic carbocycles. The zero-order chi connectivity index (χ0) is 42.1. The van der Waals surface area contributed by atoms with Crippen LogP contribution in [0.1, 0.15) is 5.56 Å². The van der Waals surface area contributed by atoms with Gasteiger partial charge in [0, 0.05) is 34.1 Å². The number of nitrogens with zero attached hydrogens (tertiary/aromatic N) is 2. The topological polar surface area (TPSA) is 6.48 Å². The summed E-state index contributed by atoms with van der Waals surface area (Å²) < 4.78 is 0. The number of fused-ring (bicyclic) bond motifs is 6. The van der Waals surface area contributed by atoms with E-state index in [1.165, 1.54) is 71.3 Å². The molecule has 0 aromatic heterocycles. The molecule has 0 aliphatic rings. The van der Waals surface area contributed by atoms with Crippen molar-refractivity contribution in [3.05, 3.63) is 254 Å². The SMILES string of the molecule is Cc1cccc(-c2cc(-c3ccc(N(c4ccccc4)c4ccccc4)cc3)c3c4ccccc4c4ccccc4c3c2-c2ccc(N(c3ccccc3)c3ccccc3)cc2)c1. The van der Waals surface area contributed by atoms with Crippen molar-refractivity contribution in [2.45, 2.75) is 6.92 Å². The van der Waals surface area contributed by atoms with E-state index in [1.807, 2.05) is 0 Å². The van der Waals surface area contributed by atoms with E-state index in [9.17, 15) is 0 Å². The third kappa shape index (κ3) is 6.98. The summed E-state index contributed by atoms with van der Waals surface area (Å²) in [5.41, 5.74) is 15.1. The number of para-hydroxylation sites is 4. The molecule has 11 aromatic carbocycles. The van der Waals surface area contributed by atoms with Crippen LogP contribution in [0.3, 0.4) is 0 Å². The van der Waals surface area contributed by atoms with Crippen LogP contribution in [0.15, 0.2) is 249 Å². The lowest BCUT2D eigenvalue weighted by Gasteiger charge is -2.26. The lowest BCUT2D eigenvalue weighted by molar-refractivity contribution is 1.28. The minimum Gasteiger partial charge on any atom is -0.311 e. The molecule has 0 saturated carbocycles. The molecule has 11 rings (SSSR count). The predicted molar refractivity (Wildman–Crippen MR) is 269 cm³/mol. The van der Waals surface area contributed by atoms with E-state index in [1.54, 1.807) is 0 Å². The first-order chi connectivity index (χ1) is 31.2.